The second-order valence-corrected chi connectivity index (χ2v) is 7.75. The number of para-hydroxylation sites is 2. The van der Waals surface area contributed by atoms with Gasteiger partial charge in [-0.05, 0) is 37.1 Å². The van der Waals surface area contributed by atoms with Crippen LogP contribution in [0.25, 0.3) is 0 Å². The van der Waals surface area contributed by atoms with Gasteiger partial charge in [0.1, 0.15) is 5.75 Å². The highest BCUT2D eigenvalue weighted by molar-refractivity contribution is 5.93. The molecule has 2 aromatic carbocycles. The number of hydrogen-bond donors (Lipinski definition) is 1. The van der Waals surface area contributed by atoms with Crippen LogP contribution in [0.4, 0.5) is 18.9 Å². The minimum absolute atomic E-state index is 0.130. The van der Waals surface area contributed by atoms with E-state index >= 15 is 0 Å². The van der Waals surface area contributed by atoms with E-state index in [4.69, 9.17) is 4.74 Å². The van der Waals surface area contributed by atoms with Crippen LogP contribution in [0.2, 0.25) is 0 Å². The molecule has 0 saturated carbocycles. The summed E-state index contributed by atoms with van der Waals surface area (Å²) < 4.78 is 44.3. The lowest BCUT2D eigenvalue weighted by atomic mass is 10.1. The monoisotopic (exact) mass is 449 g/mol. The molecule has 0 aliphatic carbocycles. The number of amides is 2. The van der Waals surface area contributed by atoms with Gasteiger partial charge in [0, 0.05) is 31.9 Å². The quantitative estimate of drug-likeness (QED) is 0.734. The molecule has 3 rings (SSSR count). The normalized spacial score (nSPS) is 14.8. The van der Waals surface area contributed by atoms with Crippen molar-refractivity contribution in [1.29, 1.82) is 0 Å². The zero-order chi connectivity index (χ0) is 23.3. The van der Waals surface area contributed by atoms with Crippen molar-refractivity contribution in [2.75, 3.05) is 44.6 Å². The Balaban J connectivity index is 1.46. The predicted molar refractivity (Wildman–Crippen MR) is 115 cm³/mol. The first-order chi connectivity index (χ1) is 15.1. The number of carbonyl (C=O) groups is 2. The minimum atomic E-state index is -4.55. The van der Waals surface area contributed by atoms with E-state index < -0.39 is 18.3 Å². The fourth-order valence-electron chi connectivity index (χ4n) is 3.61. The summed E-state index contributed by atoms with van der Waals surface area (Å²) in [5.74, 6) is -0.883. The smallest absolute Gasteiger partial charge is 0.419 e. The van der Waals surface area contributed by atoms with E-state index in [1.54, 1.807) is 0 Å². The van der Waals surface area contributed by atoms with Crippen molar-refractivity contribution in [2.45, 2.75) is 20.0 Å². The highest BCUT2D eigenvalue weighted by Crippen LogP contribution is 2.35. The first kappa shape index (κ1) is 23.6. The molecule has 1 saturated heterocycles. The standard InChI is InChI=1S/C23H26F3N3O3/c1-16-6-5-7-17(2)22(16)27-20(30)14-28-10-12-29(13-11-28)21(31)15-32-19-9-4-3-8-18(19)23(24,25)26/h3-9H,10-15H2,1-2H3,(H,27,30). The minimum Gasteiger partial charge on any atom is -0.483 e. The summed E-state index contributed by atoms with van der Waals surface area (Å²) in [6.45, 7) is 5.32. The SMILES string of the molecule is Cc1cccc(C)c1NC(=O)CN1CCN(C(=O)COc2ccccc2C(F)(F)F)CC1. The molecule has 1 heterocycles. The molecule has 0 bridgehead atoms. The van der Waals surface area contributed by atoms with Crippen molar-refractivity contribution < 1.29 is 27.5 Å². The Morgan fingerprint density at radius 3 is 2.22 bits per heavy atom. The van der Waals surface area contributed by atoms with E-state index in [2.05, 4.69) is 5.32 Å². The van der Waals surface area contributed by atoms with Crippen LogP contribution in [0, 0.1) is 13.8 Å². The molecular formula is C23H26F3N3O3. The Morgan fingerprint density at radius 2 is 1.59 bits per heavy atom. The maximum absolute atomic E-state index is 13.0. The molecule has 0 aromatic heterocycles. The van der Waals surface area contributed by atoms with Crippen LogP contribution in [0.3, 0.4) is 0 Å². The topological polar surface area (TPSA) is 61.9 Å². The molecule has 1 aliphatic rings. The molecule has 0 unspecified atom stereocenters. The third kappa shape index (κ3) is 6.00. The number of aryl methyl sites for hydroxylation is 2. The highest BCUT2D eigenvalue weighted by atomic mass is 19.4. The largest absolute Gasteiger partial charge is 0.483 e. The third-order valence-corrected chi connectivity index (χ3v) is 5.38. The molecule has 0 atom stereocenters. The number of piperazine rings is 1. The van der Waals surface area contributed by atoms with Crippen molar-refractivity contribution in [3.63, 3.8) is 0 Å². The van der Waals surface area contributed by atoms with Gasteiger partial charge in [-0.15, -0.1) is 0 Å². The molecule has 0 spiro atoms. The number of anilines is 1. The van der Waals surface area contributed by atoms with Crippen molar-refractivity contribution >= 4 is 17.5 Å². The number of rotatable bonds is 6. The third-order valence-electron chi connectivity index (χ3n) is 5.38. The summed E-state index contributed by atoms with van der Waals surface area (Å²) in [5, 5.41) is 2.94. The van der Waals surface area contributed by atoms with Gasteiger partial charge < -0.3 is 15.0 Å². The molecule has 2 aromatic rings. The van der Waals surface area contributed by atoms with Crippen LogP contribution in [-0.4, -0.2) is 60.9 Å². The first-order valence-corrected chi connectivity index (χ1v) is 10.3. The number of ether oxygens (including phenoxy) is 1. The van der Waals surface area contributed by atoms with Gasteiger partial charge >= 0.3 is 6.18 Å². The predicted octanol–water partition coefficient (Wildman–Crippen LogP) is 3.48. The van der Waals surface area contributed by atoms with Crippen LogP contribution in [0.5, 0.6) is 5.75 Å². The fourth-order valence-corrected chi connectivity index (χ4v) is 3.61. The Labute approximate surface area is 184 Å². The average Bonchev–Trinajstić information content (AvgIpc) is 2.75. The number of nitrogens with one attached hydrogen (secondary N) is 1. The second-order valence-electron chi connectivity index (χ2n) is 7.75. The van der Waals surface area contributed by atoms with Gasteiger partial charge in [0.15, 0.2) is 6.61 Å². The Morgan fingerprint density at radius 1 is 0.969 bits per heavy atom. The molecule has 2 amide bonds. The van der Waals surface area contributed by atoms with E-state index in [0.717, 1.165) is 22.9 Å². The van der Waals surface area contributed by atoms with E-state index in [0.29, 0.717) is 26.2 Å². The summed E-state index contributed by atoms with van der Waals surface area (Å²) >= 11 is 0. The molecule has 9 heteroatoms. The zero-order valence-electron chi connectivity index (χ0n) is 18.0. The summed E-state index contributed by atoms with van der Waals surface area (Å²) in [4.78, 5) is 28.3. The lowest BCUT2D eigenvalue weighted by molar-refractivity contribution is -0.141. The number of alkyl halides is 3. The lowest BCUT2D eigenvalue weighted by Gasteiger charge is -2.34. The van der Waals surface area contributed by atoms with Crippen LogP contribution < -0.4 is 10.1 Å². The van der Waals surface area contributed by atoms with E-state index in [1.807, 2.05) is 36.9 Å². The van der Waals surface area contributed by atoms with E-state index in [1.165, 1.54) is 23.1 Å². The summed E-state index contributed by atoms with van der Waals surface area (Å²) in [7, 11) is 0. The van der Waals surface area contributed by atoms with Gasteiger partial charge in [0.2, 0.25) is 5.91 Å². The molecule has 6 nitrogen and oxygen atoms in total. The van der Waals surface area contributed by atoms with Crippen LogP contribution in [0.1, 0.15) is 16.7 Å². The van der Waals surface area contributed by atoms with Gasteiger partial charge in [-0.25, -0.2) is 0 Å². The molecule has 1 aliphatic heterocycles. The van der Waals surface area contributed by atoms with E-state index in [-0.39, 0.29) is 24.1 Å². The number of benzene rings is 2. The van der Waals surface area contributed by atoms with Crippen LogP contribution >= 0.6 is 0 Å². The number of halogens is 3. The van der Waals surface area contributed by atoms with Gasteiger partial charge in [0.25, 0.3) is 5.91 Å². The van der Waals surface area contributed by atoms with Crippen LogP contribution in [0.15, 0.2) is 42.5 Å². The lowest BCUT2D eigenvalue weighted by Crippen LogP contribution is -2.51. The van der Waals surface area contributed by atoms with E-state index in [9.17, 15) is 22.8 Å². The molecule has 1 fully saturated rings. The maximum atomic E-state index is 13.0. The second kappa shape index (κ2) is 10.0. The Kier molecular flexibility index (Phi) is 7.40. The molecule has 1 N–H and O–H groups in total. The van der Waals surface area contributed by atoms with Crippen molar-refractivity contribution in [3.05, 3.63) is 59.2 Å². The van der Waals surface area contributed by atoms with Gasteiger partial charge in [0.05, 0.1) is 12.1 Å². The zero-order valence-corrected chi connectivity index (χ0v) is 18.0. The van der Waals surface area contributed by atoms with Gasteiger partial charge in [-0.2, -0.15) is 13.2 Å². The molecule has 172 valence electrons. The van der Waals surface area contributed by atoms with Gasteiger partial charge in [-0.1, -0.05) is 30.3 Å². The Bertz CT molecular complexity index is 950. The van der Waals surface area contributed by atoms with Gasteiger partial charge in [-0.3, -0.25) is 14.5 Å². The van der Waals surface area contributed by atoms with Crippen molar-refractivity contribution in [3.8, 4) is 5.75 Å². The number of hydrogen-bond acceptors (Lipinski definition) is 4. The molecular weight excluding hydrogens is 423 g/mol. The van der Waals surface area contributed by atoms with Crippen molar-refractivity contribution in [2.24, 2.45) is 0 Å². The summed E-state index contributed by atoms with van der Waals surface area (Å²) in [6, 6.07) is 10.6. The maximum Gasteiger partial charge on any atom is 0.419 e. The van der Waals surface area contributed by atoms with Crippen LogP contribution in [-0.2, 0) is 15.8 Å². The number of nitrogens with zero attached hydrogens (tertiary/aromatic N) is 2. The Hall–Kier alpha value is -3.07. The molecule has 0 radical (unpaired) electrons. The van der Waals surface area contributed by atoms with Crippen molar-refractivity contribution in [1.82, 2.24) is 9.80 Å². The molecule has 32 heavy (non-hydrogen) atoms. The summed E-state index contributed by atoms with van der Waals surface area (Å²) in [6.07, 6.45) is -4.55. The summed E-state index contributed by atoms with van der Waals surface area (Å²) in [5.41, 5.74) is 1.87. The first-order valence-electron chi connectivity index (χ1n) is 10.3. The fraction of sp³-hybridized carbons (Fsp3) is 0.391. The highest BCUT2D eigenvalue weighted by Gasteiger charge is 2.34. The average molecular weight is 449 g/mol. The number of carbonyl (C=O) groups excluding carboxylic acids is 2.